The number of fused-ring (bicyclic) bond motifs is 1. The monoisotopic (exact) mass is 262 g/mol. The van der Waals surface area contributed by atoms with Gasteiger partial charge >= 0.3 is 0 Å². The summed E-state index contributed by atoms with van der Waals surface area (Å²) in [6.45, 7) is 2.10. The number of aromatic nitrogens is 1. The van der Waals surface area contributed by atoms with Gasteiger partial charge in [0.15, 0.2) is 0 Å². The lowest BCUT2D eigenvalue weighted by Gasteiger charge is -2.11. The molecule has 0 spiro atoms. The number of benzene rings is 2. The molecule has 2 aromatic carbocycles. The zero-order valence-corrected chi connectivity index (χ0v) is 11.6. The molecular weight excluding hydrogens is 244 g/mol. The highest BCUT2D eigenvalue weighted by molar-refractivity contribution is 5.93. The summed E-state index contributed by atoms with van der Waals surface area (Å²) in [7, 11) is 0. The van der Waals surface area contributed by atoms with E-state index in [4.69, 9.17) is 5.73 Å². The van der Waals surface area contributed by atoms with E-state index in [1.807, 2.05) is 12.3 Å². The molecule has 20 heavy (non-hydrogen) atoms. The zero-order valence-electron chi connectivity index (χ0n) is 11.6. The van der Waals surface area contributed by atoms with Crippen molar-refractivity contribution in [2.45, 2.75) is 19.4 Å². The standard InChI is InChI=1S/C18H18N2/c1-2-17(19)14-10-8-13(9-11-14)16-7-3-5-15-6-4-12-20-18(15)16/h3-12,17H,2,19H2,1H3. The summed E-state index contributed by atoms with van der Waals surface area (Å²) in [5.41, 5.74) is 10.6. The maximum absolute atomic E-state index is 6.06. The normalized spacial score (nSPS) is 12.5. The topological polar surface area (TPSA) is 38.9 Å². The molecule has 1 heterocycles. The van der Waals surface area contributed by atoms with Crippen LogP contribution in [-0.4, -0.2) is 4.98 Å². The predicted octanol–water partition coefficient (Wildman–Crippen LogP) is 4.31. The maximum atomic E-state index is 6.06. The lowest BCUT2D eigenvalue weighted by molar-refractivity contribution is 0.699. The zero-order chi connectivity index (χ0) is 13.9. The highest BCUT2D eigenvalue weighted by Crippen LogP contribution is 2.28. The summed E-state index contributed by atoms with van der Waals surface area (Å²) in [6.07, 6.45) is 2.79. The summed E-state index contributed by atoms with van der Waals surface area (Å²) < 4.78 is 0. The van der Waals surface area contributed by atoms with Gasteiger partial charge in [0, 0.05) is 23.2 Å². The molecule has 0 saturated carbocycles. The number of hydrogen-bond acceptors (Lipinski definition) is 2. The molecule has 0 aliphatic heterocycles. The quantitative estimate of drug-likeness (QED) is 0.763. The van der Waals surface area contributed by atoms with E-state index >= 15 is 0 Å². The van der Waals surface area contributed by atoms with E-state index in [1.165, 1.54) is 22.1 Å². The van der Waals surface area contributed by atoms with E-state index < -0.39 is 0 Å². The minimum absolute atomic E-state index is 0.120. The van der Waals surface area contributed by atoms with Crippen LogP contribution in [-0.2, 0) is 0 Å². The van der Waals surface area contributed by atoms with Crippen molar-refractivity contribution in [3.8, 4) is 11.1 Å². The van der Waals surface area contributed by atoms with Gasteiger partial charge < -0.3 is 5.73 Å². The van der Waals surface area contributed by atoms with Crippen LogP contribution in [0.2, 0.25) is 0 Å². The molecule has 2 N–H and O–H groups in total. The number of rotatable bonds is 3. The minimum atomic E-state index is 0.120. The van der Waals surface area contributed by atoms with Gasteiger partial charge in [0.25, 0.3) is 0 Å². The largest absolute Gasteiger partial charge is 0.324 e. The fraction of sp³-hybridized carbons (Fsp3) is 0.167. The summed E-state index contributed by atoms with van der Waals surface area (Å²) in [5, 5.41) is 1.17. The molecule has 0 fully saturated rings. The number of nitrogens with zero attached hydrogens (tertiary/aromatic N) is 1. The van der Waals surface area contributed by atoms with Crippen LogP contribution in [0.4, 0.5) is 0 Å². The molecule has 0 bridgehead atoms. The van der Waals surface area contributed by atoms with Crippen molar-refractivity contribution in [2.75, 3.05) is 0 Å². The van der Waals surface area contributed by atoms with Gasteiger partial charge in [0.1, 0.15) is 0 Å². The minimum Gasteiger partial charge on any atom is -0.324 e. The molecule has 3 aromatic rings. The average molecular weight is 262 g/mol. The molecule has 3 rings (SSSR count). The smallest absolute Gasteiger partial charge is 0.0780 e. The molecule has 0 aliphatic rings. The van der Waals surface area contributed by atoms with Crippen molar-refractivity contribution in [1.82, 2.24) is 4.98 Å². The second-order valence-corrected chi connectivity index (χ2v) is 5.02. The van der Waals surface area contributed by atoms with Gasteiger partial charge in [-0.05, 0) is 23.6 Å². The lowest BCUT2D eigenvalue weighted by atomic mass is 9.98. The maximum Gasteiger partial charge on any atom is 0.0780 e. The van der Waals surface area contributed by atoms with Crippen LogP contribution in [0.3, 0.4) is 0 Å². The molecule has 100 valence electrons. The SMILES string of the molecule is CCC(N)c1ccc(-c2cccc3cccnc23)cc1. The van der Waals surface area contributed by atoms with Crippen LogP contribution in [0.15, 0.2) is 60.8 Å². The Kier molecular flexibility index (Phi) is 3.48. The second kappa shape index (κ2) is 5.43. The summed E-state index contributed by atoms with van der Waals surface area (Å²) in [6, 6.07) is 19.0. The fourth-order valence-electron chi connectivity index (χ4n) is 2.48. The van der Waals surface area contributed by atoms with Gasteiger partial charge in [0.05, 0.1) is 5.52 Å². The van der Waals surface area contributed by atoms with Crippen LogP contribution in [0.5, 0.6) is 0 Å². The second-order valence-electron chi connectivity index (χ2n) is 5.02. The predicted molar refractivity (Wildman–Crippen MR) is 84.4 cm³/mol. The Bertz CT molecular complexity index is 712. The number of para-hydroxylation sites is 1. The van der Waals surface area contributed by atoms with E-state index in [2.05, 4.69) is 60.4 Å². The first-order valence-corrected chi connectivity index (χ1v) is 6.99. The Morgan fingerprint density at radius 3 is 2.50 bits per heavy atom. The van der Waals surface area contributed by atoms with Crippen molar-refractivity contribution in [3.63, 3.8) is 0 Å². The third-order valence-corrected chi connectivity index (χ3v) is 3.72. The molecule has 2 nitrogen and oxygen atoms in total. The van der Waals surface area contributed by atoms with Crippen LogP contribution < -0.4 is 5.73 Å². The molecule has 0 aliphatic carbocycles. The van der Waals surface area contributed by atoms with Gasteiger partial charge in [-0.2, -0.15) is 0 Å². The number of hydrogen-bond donors (Lipinski definition) is 1. The van der Waals surface area contributed by atoms with Gasteiger partial charge in [-0.25, -0.2) is 0 Å². The van der Waals surface area contributed by atoms with Gasteiger partial charge in [-0.3, -0.25) is 4.98 Å². The van der Waals surface area contributed by atoms with Crippen LogP contribution in [0.25, 0.3) is 22.0 Å². The van der Waals surface area contributed by atoms with E-state index in [0.29, 0.717) is 0 Å². The van der Waals surface area contributed by atoms with Gasteiger partial charge in [-0.15, -0.1) is 0 Å². The van der Waals surface area contributed by atoms with Crippen LogP contribution >= 0.6 is 0 Å². The van der Waals surface area contributed by atoms with Crippen molar-refractivity contribution < 1.29 is 0 Å². The Morgan fingerprint density at radius 1 is 1.00 bits per heavy atom. The molecule has 0 amide bonds. The molecule has 2 heteroatoms. The molecule has 1 atom stereocenters. The third kappa shape index (κ3) is 2.30. The first-order chi connectivity index (χ1) is 9.79. The molecule has 0 saturated heterocycles. The van der Waals surface area contributed by atoms with Crippen molar-refractivity contribution in [3.05, 3.63) is 66.4 Å². The highest BCUT2D eigenvalue weighted by atomic mass is 14.6. The third-order valence-electron chi connectivity index (χ3n) is 3.72. The Morgan fingerprint density at radius 2 is 1.75 bits per heavy atom. The first kappa shape index (κ1) is 12.8. The van der Waals surface area contributed by atoms with Gasteiger partial charge in [0.2, 0.25) is 0 Å². The molecule has 1 aromatic heterocycles. The van der Waals surface area contributed by atoms with Crippen molar-refractivity contribution >= 4 is 10.9 Å². The van der Waals surface area contributed by atoms with Crippen molar-refractivity contribution in [1.29, 1.82) is 0 Å². The average Bonchev–Trinajstić information content (AvgIpc) is 2.54. The van der Waals surface area contributed by atoms with E-state index in [-0.39, 0.29) is 6.04 Å². The lowest BCUT2D eigenvalue weighted by Crippen LogP contribution is -2.08. The van der Waals surface area contributed by atoms with E-state index in [0.717, 1.165) is 11.9 Å². The summed E-state index contributed by atoms with van der Waals surface area (Å²) in [4.78, 5) is 4.51. The number of nitrogens with two attached hydrogens (primary N) is 1. The highest BCUT2D eigenvalue weighted by Gasteiger charge is 2.06. The summed E-state index contributed by atoms with van der Waals surface area (Å²) >= 11 is 0. The van der Waals surface area contributed by atoms with Crippen molar-refractivity contribution in [2.24, 2.45) is 5.73 Å². The van der Waals surface area contributed by atoms with E-state index in [9.17, 15) is 0 Å². The Hall–Kier alpha value is -2.19. The molecule has 1 unspecified atom stereocenters. The Balaban J connectivity index is 2.07. The van der Waals surface area contributed by atoms with Crippen LogP contribution in [0.1, 0.15) is 24.9 Å². The Labute approximate surface area is 119 Å². The molecule has 0 radical (unpaired) electrons. The summed E-state index contributed by atoms with van der Waals surface area (Å²) in [5.74, 6) is 0. The fourth-order valence-corrected chi connectivity index (χ4v) is 2.48. The van der Waals surface area contributed by atoms with E-state index in [1.54, 1.807) is 0 Å². The van der Waals surface area contributed by atoms with Crippen LogP contribution in [0, 0.1) is 0 Å². The molecular formula is C18H18N2. The van der Waals surface area contributed by atoms with Gasteiger partial charge in [-0.1, -0.05) is 55.5 Å². The first-order valence-electron chi connectivity index (χ1n) is 6.99. The number of pyridine rings is 1.